The monoisotopic (exact) mass is 225 g/mol. The molecule has 1 saturated heterocycles. The lowest BCUT2D eigenvalue weighted by atomic mass is 10.1. The summed E-state index contributed by atoms with van der Waals surface area (Å²) in [5.74, 6) is 2.55. The first-order valence-electron chi connectivity index (χ1n) is 6.05. The molecule has 0 aromatic rings. The van der Waals surface area contributed by atoms with Crippen molar-refractivity contribution in [1.82, 2.24) is 4.90 Å². The molecule has 0 aromatic heterocycles. The van der Waals surface area contributed by atoms with Crippen LogP contribution >= 0.6 is 0 Å². The van der Waals surface area contributed by atoms with Crippen LogP contribution in [0.2, 0.25) is 0 Å². The molecule has 0 aliphatic carbocycles. The molecule has 1 fully saturated rings. The summed E-state index contributed by atoms with van der Waals surface area (Å²) in [7, 11) is 0. The lowest BCUT2D eigenvalue weighted by Gasteiger charge is -2.29. The Hall–Kier alpha value is -0.560. The molecule has 1 unspecified atom stereocenters. The van der Waals surface area contributed by atoms with Gasteiger partial charge in [-0.05, 0) is 39.8 Å². The summed E-state index contributed by atoms with van der Waals surface area (Å²) in [5, 5.41) is 9.83. The van der Waals surface area contributed by atoms with E-state index in [1.54, 1.807) is 0 Å². The number of hydrogen-bond acceptors (Lipinski definition) is 3. The van der Waals surface area contributed by atoms with Gasteiger partial charge in [-0.15, -0.1) is 6.42 Å². The topological polar surface area (TPSA) is 32.7 Å². The molecule has 1 rings (SSSR count). The first kappa shape index (κ1) is 13.5. The normalized spacial score (nSPS) is 20.4. The van der Waals surface area contributed by atoms with Crippen LogP contribution in [0.25, 0.3) is 0 Å². The van der Waals surface area contributed by atoms with Gasteiger partial charge in [-0.1, -0.05) is 12.3 Å². The van der Waals surface area contributed by atoms with E-state index in [2.05, 4.69) is 10.8 Å². The third-order valence-electron chi connectivity index (χ3n) is 2.90. The highest BCUT2D eigenvalue weighted by Gasteiger charge is 2.19. The van der Waals surface area contributed by atoms with E-state index in [0.717, 1.165) is 13.1 Å². The summed E-state index contributed by atoms with van der Waals surface area (Å²) < 4.78 is 5.47. The quantitative estimate of drug-likeness (QED) is 0.715. The summed E-state index contributed by atoms with van der Waals surface area (Å²) in [4.78, 5) is 2.29. The molecule has 92 valence electrons. The number of ether oxygens (including phenoxy) is 1. The van der Waals surface area contributed by atoms with Crippen molar-refractivity contribution in [2.24, 2.45) is 0 Å². The van der Waals surface area contributed by atoms with Gasteiger partial charge in [0.05, 0.1) is 12.7 Å². The third kappa shape index (κ3) is 4.98. The third-order valence-corrected chi connectivity index (χ3v) is 2.90. The Balaban J connectivity index is 2.20. The number of terminal acetylenes is 1. The van der Waals surface area contributed by atoms with Crippen molar-refractivity contribution in [2.45, 2.75) is 44.8 Å². The van der Waals surface area contributed by atoms with Gasteiger partial charge in [0.2, 0.25) is 0 Å². The Morgan fingerprint density at radius 1 is 1.38 bits per heavy atom. The van der Waals surface area contributed by atoms with Crippen LogP contribution in [-0.2, 0) is 4.74 Å². The van der Waals surface area contributed by atoms with Gasteiger partial charge < -0.3 is 14.7 Å². The van der Waals surface area contributed by atoms with E-state index in [4.69, 9.17) is 11.2 Å². The van der Waals surface area contributed by atoms with Gasteiger partial charge in [0, 0.05) is 6.54 Å². The molecule has 0 saturated carbocycles. The second-order valence-corrected chi connectivity index (χ2v) is 4.98. The van der Waals surface area contributed by atoms with E-state index in [-0.39, 0.29) is 0 Å². The van der Waals surface area contributed by atoms with E-state index >= 15 is 0 Å². The largest absolute Gasteiger partial charge is 0.389 e. The molecule has 1 N–H and O–H groups in total. The molecule has 3 heteroatoms. The fraction of sp³-hybridized carbons (Fsp3) is 0.846. The second kappa shape index (κ2) is 6.24. The maximum Gasteiger partial charge on any atom is 0.122 e. The lowest BCUT2D eigenvalue weighted by Crippen LogP contribution is -2.39. The van der Waals surface area contributed by atoms with Crippen molar-refractivity contribution in [3.8, 4) is 12.3 Å². The van der Waals surface area contributed by atoms with E-state index < -0.39 is 11.7 Å². The van der Waals surface area contributed by atoms with Crippen LogP contribution in [0, 0.1) is 12.3 Å². The first-order valence-corrected chi connectivity index (χ1v) is 6.05. The number of piperidine rings is 1. The van der Waals surface area contributed by atoms with Crippen molar-refractivity contribution in [3.05, 3.63) is 0 Å². The van der Waals surface area contributed by atoms with E-state index in [1.807, 2.05) is 13.8 Å². The molecule has 0 spiro atoms. The van der Waals surface area contributed by atoms with Crippen LogP contribution in [0.3, 0.4) is 0 Å². The SMILES string of the molecule is C#CC(C)(C)OCC(O)CN1CCCCC1. The molecule has 1 aliphatic rings. The number of nitrogens with zero attached hydrogens (tertiary/aromatic N) is 1. The number of rotatable bonds is 5. The van der Waals surface area contributed by atoms with Gasteiger partial charge in [0.25, 0.3) is 0 Å². The summed E-state index contributed by atoms with van der Waals surface area (Å²) >= 11 is 0. The fourth-order valence-corrected chi connectivity index (χ4v) is 1.84. The molecule has 1 heterocycles. The molecular formula is C13H23NO2. The predicted molar refractivity (Wildman–Crippen MR) is 65.2 cm³/mol. The first-order chi connectivity index (χ1) is 7.53. The Kier molecular flexibility index (Phi) is 5.27. The maximum absolute atomic E-state index is 9.83. The molecule has 1 aliphatic heterocycles. The Morgan fingerprint density at radius 3 is 2.56 bits per heavy atom. The summed E-state index contributed by atoms with van der Waals surface area (Å²) in [6, 6.07) is 0. The molecule has 0 amide bonds. The molecule has 16 heavy (non-hydrogen) atoms. The number of hydrogen-bond donors (Lipinski definition) is 1. The highest BCUT2D eigenvalue weighted by Crippen LogP contribution is 2.11. The van der Waals surface area contributed by atoms with Gasteiger partial charge >= 0.3 is 0 Å². The molecule has 0 radical (unpaired) electrons. The van der Waals surface area contributed by atoms with Crippen LogP contribution in [0.4, 0.5) is 0 Å². The number of likely N-dealkylation sites (tertiary alicyclic amines) is 1. The van der Waals surface area contributed by atoms with Crippen LogP contribution in [0.5, 0.6) is 0 Å². The maximum atomic E-state index is 9.83. The fourth-order valence-electron chi connectivity index (χ4n) is 1.84. The molecule has 0 aromatic carbocycles. The zero-order valence-electron chi connectivity index (χ0n) is 10.4. The van der Waals surface area contributed by atoms with Crippen molar-refractivity contribution >= 4 is 0 Å². The minimum Gasteiger partial charge on any atom is -0.389 e. The van der Waals surface area contributed by atoms with Gasteiger partial charge in [-0.2, -0.15) is 0 Å². The number of aliphatic hydroxyl groups excluding tert-OH is 1. The minimum absolute atomic E-state index is 0.313. The smallest absolute Gasteiger partial charge is 0.122 e. The van der Waals surface area contributed by atoms with Crippen LogP contribution in [-0.4, -0.2) is 48.0 Å². The van der Waals surface area contributed by atoms with E-state index in [0.29, 0.717) is 13.2 Å². The Bertz CT molecular complexity index is 239. The number of aliphatic hydroxyl groups is 1. The summed E-state index contributed by atoms with van der Waals surface area (Å²) in [6.07, 6.45) is 8.66. The number of β-amino-alcohol motifs (C(OH)–C–C–N with tert-alkyl or cyclic N) is 1. The van der Waals surface area contributed by atoms with Gasteiger partial charge in [-0.3, -0.25) is 0 Å². The van der Waals surface area contributed by atoms with E-state index in [9.17, 15) is 5.11 Å². The minimum atomic E-state index is -0.580. The van der Waals surface area contributed by atoms with Gasteiger partial charge in [-0.25, -0.2) is 0 Å². The molecular weight excluding hydrogens is 202 g/mol. The van der Waals surface area contributed by atoms with Crippen LogP contribution in [0.1, 0.15) is 33.1 Å². The summed E-state index contributed by atoms with van der Waals surface area (Å²) in [5.41, 5.74) is -0.580. The standard InChI is InChI=1S/C13H23NO2/c1-4-13(2,3)16-11-12(15)10-14-8-6-5-7-9-14/h1,12,15H,5-11H2,2-3H3. The zero-order valence-corrected chi connectivity index (χ0v) is 10.4. The highest BCUT2D eigenvalue weighted by atomic mass is 16.5. The Morgan fingerprint density at radius 2 is 2.00 bits per heavy atom. The second-order valence-electron chi connectivity index (χ2n) is 4.98. The van der Waals surface area contributed by atoms with E-state index in [1.165, 1.54) is 19.3 Å². The van der Waals surface area contributed by atoms with Gasteiger partial charge in [0.1, 0.15) is 5.60 Å². The average Bonchev–Trinajstić information content (AvgIpc) is 2.28. The lowest BCUT2D eigenvalue weighted by molar-refractivity contribution is -0.0386. The highest BCUT2D eigenvalue weighted by molar-refractivity contribution is 5.02. The molecule has 1 atom stereocenters. The summed E-state index contributed by atoms with van der Waals surface area (Å²) in [6.45, 7) is 6.86. The zero-order chi connectivity index (χ0) is 12.0. The van der Waals surface area contributed by atoms with Crippen LogP contribution < -0.4 is 0 Å². The van der Waals surface area contributed by atoms with Crippen molar-refractivity contribution < 1.29 is 9.84 Å². The Labute approximate surface area is 98.8 Å². The molecule has 3 nitrogen and oxygen atoms in total. The van der Waals surface area contributed by atoms with Crippen molar-refractivity contribution in [2.75, 3.05) is 26.2 Å². The van der Waals surface area contributed by atoms with Crippen molar-refractivity contribution in [3.63, 3.8) is 0 Å². The average molecular weight is 225 g/mol. The van der Waals surface area contributed by atoms with Gasteiger partial charge in [0.15, 0.2) is 0 Å². The van der Waals surface area contributed by atoms with Crippen LogP contribution in [0.15, 0.2) is 0 Å². The molecule has 0 bridgehead atoms. The predicted octanol–water partition coefficient (Wildman–Crippen LogP) is 1.26. The van der Waals surface area contributed by atoms with Crippen molar-refractivity contribution in [1.29, 1.82) is 0 Å².